The number of ether oxygens (including phenoxy) is 1. The van der Waals surface area contributed by atoms with Crippen molar-refractivity contribution in [2.75, 3.05) is 0 Å². The Morgan fingerprint density at radius 1 is 1.13 bits per heavy atom. The third-order valence-electron chi connectivity index (χ3n) is 6.09. The van der Waals surface area contributed by atoms with Gasteiger partial charge in [-0.05, 0) is 37.3 Å². The summed E-state index contributed by atoms with van der Waals surface area (Å²) in [5.74, 6) is -2.36. The van der Waals surface area contributed by atoms with Crippen LogP contribution in [-0.4, -0.2) is 46.9 Å². The average Bonchev–Trinajstić information content (AvgIpc) is 3.22. The van der Waals surface area contributed by atoms with Crippen LogP contribution in [0, 0.1) is 11.6 Å². The van der Waals surface area contributed by atoms with Gasteiger partial charge in [-0.3, -0.25) is 14.8 Å². The van der Waals surface area contributed by atoms with E-state index in [0.717, 1.165) is 34.8 Å². The zero-order valence-electron chi connectivity index (χ0n) is 20.2. The molecule has 1 N–H and O–H groups in total. The van der Waals surface area contributed by atoms with E-state index in [4.69, 9.17) is 4.74 Å². The molecule has 1 fully saturated rings. The van der Waals surface area contributed by atoms with Crippen molar-refractivity contribution in [3.63, 3.8) is 0 Å². The third-order valence-corrected chi connectivity index (χ3v) is 8.10. The molecule has 1 saturated heterocycles. The van der Waals surface area contributed by atoms with E-state index < -0.39 is 52.5 Å². The van der Waals surface area contributed by atoms with E-state index in [-0.39, 0.29) is 35.9 Å². The zero-order chi connectivity index (χ0) is 27.4. The van der Waals surface area contributed by atoms with Crippen molar-refractivity contribution < 1.29 is 35.5 Å². The molecule has 3 heterocycles. The first-order chi connectivity index (χ1) is 18.1. The van der Waals surface area contributed by atoms with Gasteiger partial charge in [-0.2, -0.15) is 4.31 Å². The van der Waals surface area contributed by atoms with Crippen molar-refractivity contribution in [1.29, 1.82) is 0 Å². The number of pyridine rings is 2. The van der Waals surface area contributed by atoms with Gasteiger partial charge in [0.05, 0.1) is 29.4 Å². The highest BCUT2D eigenvalue weighted by atomic mass is 32.2. The van der Waals surface area contributed by atoms with Gasteiger partial charge < -0.3 is 10.1 Å². The predicted octanol–water partition coefficient (Wildman–Crippen LogP) is 3.61. The molecule has 8 nitrogen and oxygen atoms in total. The number of carbonyl (C=O) groups is 1. The van der Waals surface area contributed by atoms with Crippen molar-refractivity contribution in [3.8, 4) is 5.75 Å². The Hall–Kier alpha value is -3.58. The van der Waals surface area contributed by atoms with Gasteiger partial charge in [0.25, 0.3) is 0 Å². The van der Waals surface area contributed by atoms with E-state index >= 15 is 0 Å². The smallest absolute Gasteiger partial charge is 0.244 e. The molecule has 4 rings (SSSR count). The first-order valence-corrected chi connectivity index (χ1v) is 13.0. The number of halogens is 4. The fraction of sp³-hybridized carbons (Fsp3) is 0.320. The molecule has 0 unspecified atom stereocenters. The van der Waals surface area contributed by atoms with Crippen LogP contribution in [0.25, 0.3) is 0 Å². The van der Waals surface area contributed by atoms with Gasteiger partial charge in [-0.15, -0.1) is 0 Å². The summed E-state index contributed by atoms with van der Waals surface area (Å²) in [5.41, 5.74) is 1.06. The van der Waals surface area contributed by atoms with Gasteiger partial charge in [-0.25, -0.2) is 26.0 Å². The van der Waals surface area contributed by atoms with Crippen LogP contribution in [0.2, 0.25) is 0 Å². The topological polar surface area (TPSA) is 101 Å². The quantitative estimate of drug-likeness (QED) is 0.407. The Morgan fingerprint density at radius 3 is 2.55 bits per heavy atom. The Kier molecular flexibility index (Phi) is 8.26. The van der Waals surface area contributed by atoms with Gasteiger partial charge in [0.2, 0.25) is 15.9 Å². The van der Waals surface area contributed by atoms with Gasteiger partial charge >= 0.3 is 0 Å². The lowest BCUT2D eigenvalue weighted by atomic mass is 10.1. The predicted molar refractivity (Wildman–Crippen MR) is 128 cm³/mol. The molecule has 3 atom stereocenters. The van der Waals surface area contributed by atoms with Crippen LogP contribution in [0.4, 0.5) is 17.6 Å². The Bertz CT molecular complexity index is 1410. The molecule has 0 saturated carbocycles. The molecule has 38 heavy (non-hydrogen) atoms. The van der Waals surface area contributed by atoms with E-state index in [9.17, 15) is 30.8 Å². The largest absolute Gasteiger partial charge is 0.486 e. The molecule has 202 valence electrons. The number of aromatic nitrogens is 2. The lowest BCUT2D eigenvalue weighted by Crippen LogP contribution is -2.48. The van der Waals surface area contributed by atoms with E-state index in [1.54, 1.807) is 0 Å². The lowest BCUT2D eigenvalue weighted by molar-refractivity contribution is -0.124. The first-order valence-electron chi connectivity index (χ1n) is 11.6. The van der Waals surface area contributed by atoms with E-state index in [2.05, 4.69) is 15.3 Å². The van der Waals surface area contributed by atoms with Gasteiger partial charge in [-0.1, -0.05) is 0 Å². The second-order valence-electron chi connectivity index (χ2n) is 8.74. The molecule has 1 aliphatic rings. The summed E-state index contributed by atoms with van der Waals surface area (Å²) in [4.78, 5) is 20.5. The van der Waals surface area contributed by atoms with Crippen molar-refractivity contribution in [2.45, 2.75) is 56.3 Å². The summed E-state index contributed by atoms with van der Waals surface area (Å²) in [7, 11) is -4.31. The summed E-state index contributed by atoms with van der Waals surface area (Å²) >= 11 is 0. The molecule has 1 amide bonds. The molecule has 0 radical (unpaired) electrons. The van der Waals surface area contributed by atoms with Crippen molar-refractivity contribution in [3.05, 3.63) is 83.4 Å². The van der Waals surface area contributed by atoms with Gasteiger partial charge in [0.15, 0.2) is 11.6 Å². The second kappa shape index (κ2) is 11.4. The molecule has 3 aromatic rings. The minimum Gasteiger partial charge on any atom is -0.486 e. The minimum absolute atomic E-state index is 0.0956. The molecular weight excluding hydrogens is 528 g/mol. The molecule has 1 aliphatic heterocycles. The Balaban J connectivity index is 1.45. The number of amides is 1. The minimum atomic E-state index is -4.31. The van der Waals surface area contributed by atoms with Crippen molar-refractivity contribution in [2.24, 2.45) is 0 Å². The number of nitrogens with zero attached hydrogens (tertiary/aromatic N) is 3. The fourth-order valence-electron chi connectivity index (χ4n) is 4.11. The molecular formula is C25H24F4N4O4S. The summed E-state index contributed by atoms with van der Waals surface area (Å²) in [6.45, 7) is 0.324. The van der Waals surface area contributed by atoms with E-state index in [1.165, 1.54) is 31.5 Å². The molecule has 2 aromatic heterocycles. The van der Waals surface area contributed by atoms with Crippen LogP contribution in [0.5, 0.6) is 5.75 Å². The molecule has 13 heteroatoms. The number of benzene rings is 1. The summed E-state index contributed by atoms with van der Waals surface area (Å²) < 4.78 is 87.5. The summed E-state index contributed by atoms with van der Waals surface area (Å²) in [6.07, 6.45) is 1.74. The third kappa shape index (κ3) is 5.94. The highest BCUT2D eigenvalue weighted by Crippen LogP contribution is 2.33. The number of rotatable bonds is 9. The van der Waals surface area contributed by atoms with E-state index in [0.29, 0.717) is 11.1 Å². The maximum atomic E-state index is 14.6. The summed E-state index contributed by atoms with van der Waals surface area (Å²) in [6, 6.07) is 4.31. The van der Waals surface area contributed by atoms with Crippen molar-refractivity contribution in [1.82, 2.24) is 19.6 Å². The standard InChI is InChI=1S/C25H24F4N4O4S/c1-15-21(28)8-23(33(15)38(35,36)20-4-2-18(27)3-5-20)25(34)32-12-19-7-24(22(29)13-31-19)37-14-17-6-16(9-26)10-30-11-17/h2-7,10-11,13,15,21,23H,8-9,12,14H2,1H3,(H,32,34)/t15-,21+,23-/m0/s1. The zero-order valence-corrected chi connectivity index (χ0v) is 21.0. The number of hydrogen-bond donors (Lipinski definition) is 1. The first kappa shape index (κ1) is 27.5. The molecule has 0 bridgehead atoms. The van der Waals surface area contributed by atoms with E-state index in [1.807, 2.05) is 0 Å². The van der Waals surface area contributed by atoms with Crippen LogP contribution in [0.15, 0.2) is 59.9 Å². The summed E-state index contributed by atoms with van der Waals surface area (Å²) in [5, 5.41) is 2.52. The normalized spacial score (nSPS) is 19.9. The van der Waals surface area contributed by atoms with Gasteiger partial charge in [0, 0.05) is 36.0 Å². The molecule has 1 aromatic carbocycles. The monoisotopic (exact) mass is 552 g/mol. The molecule has 0 aliphatic carbocycles. The number of alkyl halides is 2. The number of sulfonamides is 1. The maximum Gasteiger partial charge on any atom is 0.244 e. The van der Waals surface area contributed by atoms with Crippen molar-refractivity contribution >= 4 is 15.9 Å². The van der Waals surface area contributed by atoms with Crippen LogP contribution in [-0.2, 0) is 34.6 Å². The average molecular weight is 553 g/mol. The van der Waals surface area contributed by atoms with Crippen LogP contribution in [0.1, 0.15) is 30.2 Å². The maximum absolute atomic E-state index is 14.6. The number of hydrogen-bond acceptors (Lipinski definition) is 6. The SMILES string of the molecule is C[C@H]1[C@H](F)C[C@@H](C(=O)NCc2cc(OCc3cncc(CF)c3)c(F)cn2)N1S(=O)(=O)c1ccc(F)cc1. The lowest BCUT2D eigenvalue weighted by Gasteiger charge is -2.26. The fourth-order valence-corrected chi connectivity index (χ4v) is 5.92. The highest BCUT2D eigenvalue weighted by Gasteiger charge is 2.49. The second-order valence-corrected chi connectivity index (χ2v) is 10.6. The highest BCUT2D eigenvalue weighted by molar-refractivity contribution is 7.89. The van der Waals surface area contributed by atoms with Gasteiger partial charge in [0.1, 0.15) is 31.3 Å². The number of carbonyl (C=O) groups excluding carboxylic acids is 1. The Labute approximate surface area is 216 Å². The van der Waals surface area contributed by atoms with Crippen LogP contribution < -0.4 is 10.1 Å². The number of nitrogens with one attached hydrogen (secondary N) is 1. The van der Waals surface area contributed by atoms with Crippen LogP contribution >= 0.6 is 0 Å². The van der Waals surface area contributed by atoms with Crippen LogP contribution in [0.3, 0.4) is 0 Å². The molecule has 0 spiro atoms. The Morgan fingerprint density at radius 2 is 1.84 bits per heavy atom.